The molecule has 7 aromatic rings. The number of rotatable bonds is 9. The summed E-state index contributed by atoms with van der Waals surface area (Å²) in [5, 5.41) is 13.2. The zero-order valence-electron chi connectivity index (χ0n) is 30.0. The second-order valence-electron chi connectivity index (χ2n) is 13.1. The van der Waals surface area contributed by atoms with Crippen LogP contribution in [0.15, 0.2) is 137 Å². The van der Waals surface area contributed by atoms with Crippen molar-refractivity contribution < 1.29 is 24.1 Å². The number of aromatic nitrogens is 4. The number of hydrogen-bond donors (Lipinski definition) is 2. The van der Waals surface area contributed by atoms with Gasteiger partial charge in [0.05, 0.1) is 38.0 Å². The van der Waals surface area contributed by atoms with E-state index >= 15 is 0 Å². The molecule has 4 heterocycles. The minimum absolute atomic E-state index is 0.0465. The first kappa shape index (κ1) is 35.4. The van der Waals surface area contributed by atoms with Crippen LogP contribution < -0.4 is 20.7 Å². The van der Waals surface area contributed by atoms with Crippen molar-refractivity contribution in [1.29, 1.82) is 0 Å². The van der Waals surface area contributed by atoms with Gasteiger partial charge in [-0.05, 0) is 53.1 Å². The number of aliphatic hydroxyl groups is 1. The summed E-state index contributed by atoms with van der Waals surface area (Å²) in [6, 6.07) is 34.7. The number of aromatic amines is 1. The molecule has 3 aromatic heterocycles. The van der Waals surface area contributed by atoms with Crippen LogP contribution in [0.3, 0.4) is 0 Å². The lowest BCUT2D eigenvalue weighted by molar-refractivity contribution is -0.0944. The van der Waals surface area contributed by atoms with Gasteiger partial charge in [0.1, 0.15) is 35.0 Å². The molecule has 1 saturated heterocycles. The molecule has 3 atom stereocenters. The van der Waals surface area contributed by atoms with Crippen molar-refractivity contribution >= 4 is 21.8 Å². The Morgan fingerprint density at radius 3 is 2.16 bits per heavy atom. The van der Waals surface area contributed by atoms with Gasteiger partial charge in [-0.1, -0.05) is 84.6 Å². The SMILES string of the molecule is COc1ccc(C(OC[C@H]2O[C@@H](n3cc(C#Cc4cnc5c(ccc6cccnc65)c4)c(=O)[nH]c3=O)C[C@@H]2O)(c2ccccc2)c2ccc(OC)cc2)cc1. The van der Waals surface area contributed by atoms with Gasteiger partial charge in [0.2, 0.25) is 0 Å². The maximum Gasteiger partial charge on any atom is 0.330 e. The third-order valence-electron chi connectivity index (χ3n) is 9.88. The monoisotopic (exact) mass is 732 g/mol. The Hall–Kier alpha value is -6.58. The van der Waals surface area contributed by atoms with Gasteiger partial charge in [-0.3, -0.25) is 24.3 Å². The van der Waals surface area contributed by atoms with Crippen LogP contribution in [0.2, 0.25) is 0 Å². The molecule has 55 heavy (non-hydrogen) atoms. The highest BCUT2D eigenvalue weighted by Crippen LogP contribution is 2.42. The van der Waals surface area contributed by atoms with Crippen molar-refractivity contribution in [2.45, 2.75) is 30.5 Å². The standard InChI is InChI=1S/C44H36N4O7/c1-52-35-18-14-33(15-19-35)44(32-8-4-3-5-9-32,34-16-20-36(53-2)21-17-34)54-27-38-37(49)24-39(55-38)48-26-31(42(50)47-43(48)51)11-10-28-23-30-13-12-29-7-6-22-45-40(29)41(30)46-25-28/h3-9,12-23,25-26,37-39,49H,24,27H2,1-2H3,(H,47,50,51)/t37-,38+,39+/m0/s1. The molecule has 1 aliphatic rings. The maximum absolute atomic E-state index is 13.1. The summed E-state index contributed by atoms with van der Waals surface area (Å²) >= 11 is 0. The van der Waals surface area contributed by atoms with E-state index in [2.05, 4.69) is 26.8 Å². The second-order valence-corrected chi connectivity index (χ2v) is 13.1. The number of ether oxygens (including phenoxy) is 4. The molecular weight excluding hydrogens is 697 g/mol. The van der Waals surface area contributed by atoms with E-state index in [1.807, 2.05) is 109 Å². The van der Waals surface area contributed by atoms with Gasteiger partial charge in [-0.25, -0.2) is 4.79 Å². The summed E-state index contributed by atoms with van der Waals surface area (Å²) in [5.74, 6) is 7.27. The minimum Gasteiger partial charge on any atom is -0.497 e. The molecule has 274 valence electrons. The largest absolute Gasteiger partial charge is 0.497 e. The summed E-state index contributed by atoms with van der Waals surface area (Å²) in [7, 11) is 3.22. The second kappa shape index (κ2) is 15.0. The molecule has 0 unspecified atom stereocenters. The fourth-order valence-electron chi connectivity index (χ4n) is 7.05. The average Bonchev–Trinajstić information content (AvgIpc) is 3.60. The molecular formula is C44H36N4O7. The first-order chi connectivity index (χ1) is 26.9. The van der Waals surface area contributed by atoms with E-state index in [0.717, 1.165) is 38.5 Å². The third kappa shape index (κ3) is 6.86. The molecule has 0 aliphatic carbocycles. The van der Waals surface area contributed by atoms with Crippen LogP contribution >= 0.6 is 0 Å². The fraction of sp³-hybridized carbons (Fsp3) is 0.182. The van der Waals surface area contributed by atoms with Crippen molar-refractivity contribution in [3.63, 3.8) is 0 Å². The third-order valence-corrected chi connectivity index (χ3v) is 9.88. The Balaban J connectivity index is 1.08. The van der Waals surface area contributed by atoms with Crippen molar-refractivity contribution in [2.75, 3.05) is 20.8 Å². The van der Waals surface area contributed by atoms with Gasteiger partial charge in [0, 0.05) is 41.3 Å². The highest BCUT2D eigenvalue weighted by Gasteiger charge is 2.42. The molecule has 1 fully saturated rings. The van der Waals surface area contributed by atoms with Gasteiger partial charge in [-0.15, -0.1) is 0 Å². The van der Waals surface area contributed by atoms with Crippen LogP contribution in [0.5, 0.6) is 11.5 Å². The Labute approximate surface area is 315 Å². The maximum atomic E-state index is 13.1. The van der Waals surface area contributed by atoms with Crippen LogP contribution in [0.25, 0.3) is 21.8 Å². The van der Waals surface area contributed by atoms with E-state index in [9.17, 15) is 14.7 Å². The number of nitrogens with one attached hydrogen (secondary N) is 1. The number of pyridine rings is 2. The summed E-state index contributed by atoms with van der Waals surface area (Å²) in [6.45, 7) is -0.0465. The first-order valence-corrected chi connectivity index (χ1v) is 17.7. The van der Waals surface area contributed by atoms with Gasteiger partial charge in [0.15, 0.2) is 0 Å². The van der Waals surface area contributed by atoms with Crippen LogP contribution in [0.4, 0.5) is 0 Å². The number of aliphatic hydroxyl groups excluding tert-OH is 1. The van der Waals surface area contributed by atoms with E-state index < -0.39 is 35.3 Å². The molecule has 8 rings (SSSR count). The Bertz CT molecular complexity index is 2620. The molecule has 0 saturated carbocycles. The molecule has 11 nitrogen and oxygen atoms in total. The lowest BCUT2D eigenvalue weighted by Crippen LogP contribution is -2.38. The average molecular weight is 733 g/mol. The van der Waals surface area contributed by atoms with E-state index in [1.54, 1.807) is 26.6 Å². The van der Waals surface area contributed by atoms with Gasteiger partial charge in [-0.2, -0.15) is 0 Å². The highest BCUT2D eigenvalue weighted by molar-refractivity contribution is 6.02. The Kier molecular flexibility index (Phi) is 9.70. The zero-order chi connectivity index (χ0) is 37.9. The molecule has 2 N–H and O–H groups in total. The van der Waals surface area contributed by atoms with Crippen molar-refractivity contribution in [1.82, 2.24) is 19.5 Å². The summed E-state index contributed by atoms with van der Waals surface area (Å²) in [5.41, 5.74) is 2.21. The summed E-state index contributed by atoms with van der Waals surface area (Å²) < 4.78 is 25.4. The minimum atomic E-state index is -1.14. The van der Waals surface area contributed by atoms with Crippen LogP contribution in [-0.2, 0) is 15.1 Å². The lowest BCUT2D eigenvalue weighted by atomic mass is 9.80. The number of benzene rings is 4. The van der Waals surface area contributed by atoms with E-state index in [1.165, 1.54) is 10.8 Å². The fourth-order valence-corrected chi connectivity index (χ4v) is 7.05. The van der Waals surface area contributed by atoms with Gasteiger partial charge < -0.3 is 24.1 Å². The molecule has 0 amide bonds. The topological polar surface area (TPSA) is 138 Å². The smallest absolute Gasteiger partial charge is 0.330 e. The molecule has 4 aromatic carbocycles. The first-order valence-electron chi connectivity index (χ1n) is 17.7. The zero-order valence-corrected chi connectivity index (χ0v) is 30.0. The highest BCUT2D eigenvalue weighted by atomic mass is 16.6. The lowest BCUT2D eigenvalue weighted by Gasteiger charge is -2.37. The summed E-state index contributed by atoms with van der Waals surface area (Å²) in [4.78, 5) is 37.4. The molecule has 0 radical (unpaired) electrons. The summed E-state index contributed by atoms with van der Waals surface area (Å²) in [6.07, 6.45) is 2.08. The molecule has 11 heteroatoms. The van der Waals surface area contributed by atoms with E-state index in [4.69, 9.17) is 18.9 Å². The number of H-pyrrole nitrogens is 1. The van der Waals surface area contributed by atoms with Crippen molar-refractivity contribution in [3.05, 3.63) is 176 Å². The molecule has 0 spiro atoms. The van der Waals surface area contributed by atoms with Crippen LogP contribution in [-0.4, -0.2) is 57.7 Å². The number of nitrogens with zero attached hydrogens (tertiary/aromatic N) is 3. The molecule has 0 bridgehead atoms. The van der Waals surface area contributed by atoms with Crippen LogP contribution in [0.1, 0.15) is 40.5 Å². The van der Waals surface area contributed by atoms with Crippen molar-refractivity contribution in [2.24, 2.45) is 0 Å². The van der Waals surface area contributed by atoms with Crippen LogP contribution in [0, 0.1) is 11.8 Å². The molecule has 1 aliphatic heterocycles. The predicted octanol–water partition coefficient (Wildman–Crippen LogP) is 5.71. The van der Waals surface area contributed by atoms with Crippen molar-refractivity contribution in [3.8, 4) is 23.3 Å². The van der Waals surface area contributed by atoms with E-state index in [0.29, 0.717) is 17.1 Å². The van der Waals surface area contributed by atoms with Gasteiger partial charge >= 0.3 is 5.69 Å². The normalized spacial score (nSPS) is 16.8. The Morgan fingerprint density at radius 1 is 0.818 bits per heavy atom. The number of methoxy groups -OCH3 is 2. The predicted molar refractivity (Wildman–Crippen MR) is 207 cm³/mol. The Morgan fingerprint density at radius 2 is 1.47 bits per heavy atom. The number of hydrogen-bond acceptors (Lipinski definition) is 9. The number of fused-ring (bicyclic) bond motifs is 3. The van der Waals surface area contributed by atoms with E-state index in [-0.39, 0.29) is 18.6 Å². The quantitative estimate of drug-likeness (QED) is 0.109. The van der Waals surface area contributed by atoms with Gasteiger partial charge in [0.25, 0.3) is 5.56 Å².